The Kier molecular flexibility index (Phi) is 6.28. The Morgan fingerprint density at radius 2 is 1.44 bits per heavy atom. The molecule has 0 aliphatic heterocycles. The standard InChI is InChI=1S/C20H23N3O3S/c1-20(2,3)14-4-6-16(7-5-14)27-11-17(24)23-15-9-12(18(21)25)8-13(10-15)19(22)26/h4-10H,11H2,1-3H3,(H2,21,25)(H2,22,26)(H,23,24). The first kappa shape index (κ1) is 20.5. The third-order valence-corrected chi connectivity index (χ3v) is 4.89. The van der Waals surface area contributed by atoms with Gasteiger partial charge in [0.2, 0.25) is 17.7 Å². The minimum absolute atomic E-state index is 0.0736. The Labute approximate surface area is 162 Å². The molecule has 0 atom stereocenters. The van der Waals surface area contributed by atoms with E-state index in [2.05, 4.69) is 38.2 Å². The maximum Gasteiger partial charge on any atom is 0.248 e. The Morgan fingerprint density at radius 3 is 1.89 bits per heavy atom. The van der Waals surface area contributed by atoms with Gasteiger partial charge in [-0.2, -0.15) is 0 Å². The second-order valence-electron chi connectivity index (χ2n) is 7.14. The van der Waals surface area contributed by atoms with Crippen LogP contribution in [0, 0.1) is 0 Å². The van der Waals surface area contributed by atoms with Crippen LogP contribution in [0.15, 0.2) is 47.4 Å². The minimum Gasteiger partial charge on any atom is -0.366 e. The summed E-state index contributed by atoms with van der Waals surface area (Å²) in [6.45, 7) is 6.43. The molecule has 2 aromatic rings. The third kappa shape index (κ3) is 5.86. The van der Waals surface area contributed by atoms with Crippen LogP contribution in [0.1, 0.15) is 47.1 Å². The van der Waals surface area contributed by atoms with E-state index in [1.807, 2.05) is 12.1 Å². The van der Waals surface area contributed by atoms with Crippen LogP contribution < -0.4 is 16.8 Å². The molecule has 3 amide bonds. The fraction of sp³-hybridized carbons (Fsp3) is 0.250. The van der Waals surface area contributed by atoms with Crippen molar-refractivity contribution < 1.29 is 14.4 Å². The quantitative estimate of drug-likeness (QED) is 0.663. The van der Waals surface area contributed by atoms with E-state index < -0.39 is 11.8 Å². The van der Waals surface area contributed by atoms with Crippen LogP contribution in [0.5, 0.6) is 0 Å². The number of hydrogen-bond donors (Lipinski definition) is 3. The first-order valence-corrected chi connectivity index (χ1v) is 9.33. The van der Waals surface area contributed by atoms with Crippen LogP contribution in [0.25, 0.3) is 0 Å². The number of rotatable bonds is 6. The second-order valence-corrected chi connectivity index (χ2v) is 8.19. The topological polar surface area (TPSA) is 115 Å². The molecule has 142 valence electrons. The molecule has 0 saturated carbocycles. The molecule has 2 rings (SSSR count). The lowest BCUT2D eigenvalue weighted by molar-refractivity contribution is -0.113. The number of carbonyl (C=O) groups excluding carboxylic acids is 3. The zero-order valence-electron chi connectivity index (χ0n) is 15.5. The van der Waals surface area contributed by atoms with Gasteiger partial charge < -0.3 is 16.8 Å². The summed E-state index contributed by atoms with van der Waals surface area (Å²) in [5.41, 5.74) is 12.3. The minimum atomic E-state index is -0.707. The van der Waals surface area contributed by atoms with Gasteiger partial charge in [0.1, 0.15) is 0 Å². The van der Waals surface area contributed by atoms with E-state index in [-0.39, 0.29) is 28.2 Å². The van der Waals surface area contributed by atoms with Gasteiger partial charge >= 0.3 is 0 Å². The third-order valence-electron chi connectivity index (χ3n) is 3.88. The summed E-state index contributed by atoms with van der Waals surface area (Å²) in [5.74, 6) is -1.50. The predicted octanol–water partition coefficient (Wildman–Crippen LogP) is 2.91. The molecule has 2 aromatic carbocycles. The normalized spacial score (nSPS) is 11.1. The predicted molar refractivity (Wildman–Crippen MR) is 108 cm³/mol. The lowest BCUT2D eigenvalue weighted by Gasteiger charge is -2.19. The van der Waals surface area contributed by atoms with E-state index in [9.17, 15) is 14.4 Å². The largest absolute Gasteiger partial charge is 0.366 e. The number of anilines is 1. The zero-order valence-corrected chi connectivity index (χ0v) is 16.4. The molecule has 0 bridgehead atoms. The number of amides is 3. The second kappa shape index (κ2) is 8.26. The van der Waals surface area contributed by atoms with Crippen molar-refractivity contribution in [2.24, 2.45) is 11.5 Å². The number of thioether (sulfide) groups is 1. The van der Waals surface area contributed by atoms with Crippen molar-refractivity contribution in [2.75, 3.05) is 11.1 Å². The first-order chi connectivity index (χ1) is 12.6. The summed E-state index contributed by atoms with van der Waals surface area (Å²) in [6, 6.07) is 12.2. The van der Waals surface area contributed by atoms with Crippen molar-refractivity contribution in [1.29, 1.82) is 0 Å². The van der Waals surface area contributed by atoms with Gasteiger partial charge in [0.05, 0.1) is 5.75 Å². The average Bonchev–Trinajstić information content (AvgIpc) is 2.59. The van der Waals surface area contributed by atoms with Crippen molar-refractivity contribution in [3.8, 4) is 0 Å². The summed E-state index contributed by atoms with van der Waals surface area (Å²) in [7, 11) is 0. The lowest BCUT2D eigenvalue weighted by atomic mass is 9.87. The molecular weight excluding hydrogens is 362 g/mol. The van der Waals surface area contributed by atoms with E-state index in [1.54, 1.807) is 0 Å². The van der Waals surface area contributed by atoms with Gasteiger partial charge in [0, 0.05) is 21.7 Å². The van der Waals surface area contributed by atoms with Crippen molar-refractivity contribution in [2.45, 2.75) is 31.1 Å². The number of carbonyl (C=O) groups is 3. The molecule has 0 fully saturated rings. The number of benzene rings is 2. The monoisotopic (exact) mass is 385 g/mol. The molecule has 0 spiro atoms. The summed E-state index contributed by atoms with van der Waals surface area (Å²) >= 11 is 1.39. The van der Waals surface area contributed by atoms with Crippen molar-refractivity contribution in [3.05, 3.63) is 59.2 Å². The molecule has 0 radical (unpaired) electrons. The van der Waals surface area contributed by atoms with Crippen LogP contribution >= 0.6 is 11.8 Å². The highest BCUT2D eigenvalue weighted by Crippen LogP contribution is 2.26. The van der Waals surface area contributed by atoms with Gasteiger partial charge in [-0.25, -0.2) is 0 Å². The molecule has 6 nitrogen and oxygen atoms in total. The molecule has 0 heterocycles. The first-order valence-electron chi connectivity index (χ1n) is 8.34. The van der Waals surface area contributed by atoms with E-state index in [4.69, 9.17) is 11.5 Å². The van der Waals surface area contributed by atoms with E-state index in [0.717, 1.165) is 4.90 Å². The molecule has 0 aromatic heterocycles. The highest BCUT2D eigenvalue weighted by atomic mass is 32.2. The molecule has 0 unspecified atom stereocenters. The van der Waals surface area contributed by atoms with Crippen LogP contribution in [-0.4, -0.2) is 23.5 Å². The fourth-order valence-corrected chi connectivity index (χ4v) is 3.08. The van der Waals surface area contributed by atoms with Gasteiger partial charge in [0.25, 0.3) is 0 Å². The van der Waals surface area contributed by atoms with Gasteiger partial charge in [0.15, 0.2) is 0 Å². The summed E-state index contributed by atoms with van der Waals surface area (Å²) < 4.78 is 0. The highest BCUT2D eigenvalue weighted by Gasteiger charge is 2.14. The number of primary amides is 2. The Balaban J connectivity index is 2.03. The van der Waals surface area contributed by atoms with Crippen LogP contribution in [0.3, 0.4) is 0 Å². The molecule has 5 N–H and O–H groups in total. The maximum absolute atomic E-state index is 12.2. The summed E-state index contributed by atoms with van der Waals surface area (Å²) in [6.07, 6.45) is 0. The maximum atomic E-state index is 12.2. The van der Waals surface area contributed by atoms with Crippen molar-refractivity contribution in [3.63, 3.8) is 0 Å². The smallest absolute Gasteiger partial charge is 0.248 e. The molecule has 27 heavy (non-hydrogen) atoms. The van der Waals surface area contributed by atoms with E-state index in [1.165, 1.54) is 35.5 Å². The van der Waals surface area contributed by atoms with Crippen LogP contribution in [0.4, 0.5) is 5.69 Å². The van der Waals surface area contributed by atoms with Crippen molar-refractivity contribution in [1.82, 2.24) is 0 Å². The molecule has 0 saturated heterocycles. The van der Waals surface area contributed by atoms with E-state index >= 15 is 0 Å². The van der Waals surface area contributed by atoms with Crippen LogP contribution in [0.2, 0.25) is 0 Å². The number of nitrogens with one attached hydrogen (secondary N) is 1. The van der Waals surface area contributed by atoms with Gasteiger partial charge in [-0.05, 0) is 41.3 Å². The summed E-state index contributed by atoms with van der Waals surface area (Å²) in [4.78, 5) is 35.9. The van der Waals surface area contributed by atoms with Crippen LogP contribution in [-0.2, 0) is 10.2 Å². The Hall–Kier alpha value is -2.80. The van der Waals surface area contributed by atoms with Gasteiger partial charge in [-0.15, -0.1) is 11.8 Å². The highest BCUT2D eigenvalue weighted by molar-refractivity contribution is 8.00. The summed E-state index contributed by atoms with van der Waals surface area (Å²) in [5, 5.41) is 2.66. The number of nitrogens with two attached hydrogens (primary N) is 2. The molecule has 7 heteroatoms. The fourth-order valence-electron chi connectivity index (χ4n) is 2.38. The van der Waals surface area contributed by atoms with Gasteiger partial charge in [-0.1, -0.05) is 32.9 Å². The zero-order chi connectivity index (χ0) is 20.2. The van der Waals surface area contributed by atoms with Crippen molar-refractivity contribution >= 4 is 35.2 Å². The number of hydrogen-bond acceptors (Lipinski definition) is 4. The Morgan fingerprint density at radius 1 is 0.926 bits per heavy atom. The molecular formula is C20H23N3O3S. The average molecular weight is 385 g/mol. The van der Waals surface area contributed by atoms with Gasteiger partial charge in [-0.3, -0.25) is 14.4 Å². The lowest BCUT2D eigenvalue weighted by Crippen LogP contribution is -2.19. The van der Waals surface area contributed by atoms with E-state index in [0.29, 0.717) is 5.69 Å². The molecule has 0 aliphatic rings. The Bertz CT molecular complexity index is 839. The molecule has 0 aliphatic carbocycles. The SMILES string of the molecule is CC(C)(C)c1ccc(SCC(=O)Nc2cc(C(N)=O)cc(C(N)=O)c2)cc1.